The summed E-state index contributed by atoms with van der Waals surface area (Å²) in [5, 5.41) is 6.27. The predicted molar refractivity (Wildman–Crippen MR) is 118 cm³/mol. The number of aromatic nitrogens is 3. The molecule has 2 N–H and O–H groups in total. The van der Waals surface area contributed by atoms with Crippen molar-refractivity contribution in [2.45, 2.75) is 24.9 Å². The average Bonchev–Trinajstić information content (AvgIpc) is 2.75. The van der Waals surface area contributed by atoms with Gasteiger partial charge in [-0.15, -0.1) is 0 Å². The topological polar surface area (TPSA) is 106 Å². The Labute approximate surface area is 193 Å². The Hall–Kier alpha value is -3.12. The maximum atomic E-state index is 12.7. The van der Waals surface area contributed by atoms with Crippen LogP contribution in [0.4, 0.5) is 36.3 Å². The second kappa shape index (κ2) is 9.79. The van der Waals surface area contributed by atoms with Crippen LogP contribution in [0.15, 0.2) is 47.6 Å². The molecule has 13 heteroatoms. The Balaban J connectivity index is 1.90. The number of hydrogen-bond donors (Lipinski definition) is 2. The molecule has 0 unspecified atom stereocenters. The third-order valence-corrected chi connectivity index (χ3v) is 6.42. The van der Waals surface area contributed by atoms with Crippen molar-refractivity contribution in [1.29, 1.82) is 0 Å². The Kier molecular flexibility index (Phi) is 7.28. The van der Waals surface area contributed by atoms with E-state index < -0.39 is 22.6 Å². The van der Waals surface area contributed by atoms with Crippen LogP contribution in [0.5, 0.6) is 5.75 Å². The van der Waals surface area contributed by atoms with Crippen molar-refractivity contribution >= 4 is 44.6 Å². The monoisotopic (exact) mass is 501 g/mol. The summed E-state index contributed by atoms with van der Waals surface area (Å²) in [4.78, 5) is 12.3. The first-order valence-electron chi connectivity index (χ1n) is 9.52. The van der Waals surface area contributed by atoms with Gasteiger partial charge in [0.1, 0.15) is 29.5 Å². The number of hydrogen-bond acceptors (Lipinski definition) is 8. The molecule has 1 aromatic carbocycles. The number of benzene rings is 1. The fourth-order valence-electron chi connectivity index (χ4n) is 2.63. The summed E-state index contributed by atoms with van der Waals surface area (Å²) in [6, 6.07) is 8.34. The van der Waals surface area contributed by atoms with Crippen molar-refractivity contribution in [3.05, 3.63) is 53.4 Å². The third kappa shape index (κ3) is 6.68. The molecule has 0 amide bonds. The van der Waals surface area contributed by atoms with Crippen molar-refractivity contribution in [2.75, 3.05) is 23.0 Å². The predicted octanol–water partition coefficient (Wildman–Crippen LogP) is 5.06. The number of pyridine rings is 1. The molecule has 33 heavy (non-hydrogen) atoms. The van der Waals surface area contributed by atoms with Crippen LogP contribution < -0.4 is 15.4 Å². The molecule has 0 aliphatic rings. The van der Waals surface area contributed by atoms with E-state index in [1.807, 2.05) is 0 Å². The number of ether oxygens (including phenoxy) is 1. The van der Waals surface area contributed by atoms with Crippen molar-refractivity contribution in [3.8, 4) is 5.75 Å². The van der Waals surface area contributed by atoms with Crippen LogP contribution in [0.25, 0.3) is 0 Å². The van der Waals surface area contributed by atoms with Gasteiger partial charge in [0.15, 0.2) is 16.4 Å². The number of sulfone groups is 1. The van der Waals surface area contributed by atoms with Crippen LogP contribution >= 0.6 is 11.6 Å². The summed E-state index contributed by atoms with van der Waals surface area (Å²) in [5.74, 6) is 0.611. The summed E-state index contributed by atoms with van der Waals surface area (Å²) in [6.07, 6.45) is -3.35. The SMILES string of the molecule is CCS(=O)(=O)c1ccc(OCC(F)(F)F)c(Nc2cc(Nc3ccc(Cl)c(C)n3)ncn2)c1. The van der Waals surface area contributed by atoms with Crippen molar-refractivity contribution in [3.63, 3.8) is 0 Å². The van der Waals surface area contributed by atoms with E-state index in [2.05, 4.69) is 25.6 Å². The second-order valence-electron chi connectivity index (χ2n) is 6.77. The lowest BCUT2D eigenvalue weighted by Crippen LogP contribution is -2.19. The Morgan fingerprint density at radius 3 is 2.36 bits per heavy atom. The summed E-state index contributed by atoms with van der Waals surface area (Å²) in [6.45, 7) is 1.66. The summed E-state index contributed by atoms with van der Waals surface area (Å²) < 4.78 is 67.3. The average molecular weight is 502 g/mol. The summed E-state index contributed by atoms with van der Waals surface area (Å²) in [5.41, 5.74) is 0.605. The molecule has 0 bridgehead atoms. The second-order valence-corrected chi connectivity index (χ2v) is 9.45. The van der Waals surface area contributed by atoms with Crippen LogP contribution in [0.3, 0.4) is 0 Å². The zero-order valence-electron chi connectivity index (χ0n) is 17.4. The minimum Gasteiger partial charge on any atom is -0.482 e. The van der Waals surface area contributed by atoms with Crippen LogP contribution in [-0.2, 0) is 9.84 Å². The molecule has 0 saturated heterocycles. The van der Waals surface area contributed by atoms with Crippen molar-refractivity contribution in [2.24, 2.45) is 0 Å². The van der Waals surface area contributed by atoms with Gasteiger partial charge < -0.3 is 15.4 Å². The van der Waals surface area contributed by atoms with Crippen molar-refractivity contribution < 1.29 is 26.3 Å². The van der Waals surface area contributed by atoms with Crippen LogP contribution in [-0.4, -0.2) is 41.9 Å². The first-order chi connectivity index (χ1) is 15.5. The fourth-order valence-corrected chi connectivity index (χ4v) is 3.64. The quantitative estimate of drug-likeness (QED) is 0.441. The lowest BCUT2D eigenvalue weighted by Gasteiger charge is -2.16. The zero-order chi connectivity index (χ0) is 24.2. The van der Waals surface area contributed by atoms with Gasteiger partial charge in [-0.2, -0.15) is 13.2 Å². The normalized spacial score (nSPS) is 11.8. The smallest absolute Gasteiger partial charge is 0.422 e. The molecule has 2 heterocycles. The van der Waals surface area contributed by atoms with Crippen LogP contribution in [0, 0.1) is 6.92 Å². The lowest BCUT2D eigenvalue weighted by atomic mass is 10.3. The highest BCUT2D eigenvalue weighted by Crippen LogP contribution is 2.32. The molecule has 0 spiro atoms. The number of anilines is 4. The van der Waals surface area contributed by atoms with E-state index in [9.17, 15) is 21.6 Å². The maximum absolute atomic E-state index is 12.7. The molecule has 0 saturated carbocycles. The van der Waals surface area contributed by atoms with Gasteiger partial charge in [-0.05, 0) is 37.3 Å². The largest absolute Gasteiger partial charge is 0.482 e. The van der Waals surface area contributed by atoms with Gasteiger partial charge in [0.05, 0.1) is 27.1 Å². The van der Waals surface area contributed by atoms with E-state index in [0.717, 1.165) is 6.07 Å². The highest BCUT2D eigenvalue weighted by atomic mass is 35.5. The third-order valence-electron chi connectivity index (χ3n) is 4.29. The van der Waals surface area contributed by atoms with Gasteiger partial charge in [0.25, 0.3) is 0 Å². The number of nitrogens with zero attached hydrogens (tertiary/aromatic N) is 3. The van der Waals surface area contributed by atoms with E-state index in [1.165, 1.54) is 31.5 Å². The molecule has 8 nitrogen and oxygen atoms in total. The molecule has 0 fully saturated rings. The molecular weight excluding hydrogens is 483 g/mol. The first-order valence-corrected chi connectivity index (χ1v) is 11.6. The Morgan fingerprint density at radius 1 is 1.03 bits per heavy atom. The van der Waals surface area contributed by atoms with Crippen molar-refractivity contribution in [1.82, 2.24) is 15.0 Å². The van der Waals surface area contributed by atoms with E-state index in [4.69, 9.17) is 16.3 Å². The molecule has 2 aromatic heterocycles. The van der Waals surface area contributed by atoms with Gasteiger partial charge in [-0.25, -0.2) is 23.4 Å². The van der Waals surface area contributed by atoms with E-state index in [0.29, 0.717) is 22.4 Å². The lowest BCUT2D eigenvalue weighted by molar-refractivity contribution is -0.153. The highest BCUT2D eigenvalue weighted by molar-refractivity contribution is 7.91. The molecule has 176 valence electrons. The fraction of sp³-hybridized carbons (Fsp3) is 0.250. The number of nitrogens with one attached hydrogen (secondary N) is 2. The number of halogens is 4. The molecule has 3 rings (SSSR count). The summed E-state index contributed by atoms with van der Waals surface area (Å²) in [7, 11) is -3.61. The molecule has 0 aliphatic carbocycles. The van der Waals surface area contributed by atoms with Gasteiger partial charge in [-0.3, -0.25) is 0 Å². The number of alkyl halides is 3. The molecule has 0 atom stereocenters. The van der Waals surface area contributed by atoms with E-state index in [-0.39, 0.29) is 27.9 Å². The first kappa shape index (κ1) is 24.5. The van der Waals surface area contributed by atoms with Crippen LogP contribution in [0.1, 0.15) is 12.6 Å². The van der Waals surface area contributed by atoms with E-state index in [1.54, 1.807) is 19.1 Å². The minimum atomic E-state index is -4.57. The van der Waals surface area contributed by atoms with Gasteiger partial charge in [-0.1, -0.05) is 18.5 Å². The molecule has 3 aromatic rings. The van der Waals surface area contributed by atoms with Crippen LogP contribution in [0.2, 0.25) is 5.02 Å². The zero-order valence-corrected chi connectivity index (χ0v) is 19.0. The van der Waals surface area contributed by atoms with Gasteiger partial charge in [0, 0.05) is 6.07 Å². The number of rotatable bonds is 8. The van der Waals surface area contributed by atoms with Gasteiger partial charge >= 0.3 is 6.18 Å². The molecule has 0 aliphatic heterocycles. The standard InChI is InChI=1S/C20H19ClF3N5O3S/c1-3-33(30,31)13-4-6-16(32-10-20(22,23)24)15(8-13)28-18-9-19(26-11-25-18)29-17-7-5-14(21)12(2)27-17/h4-9,11H,3,10H2,1-2H3,(H2,25,26,27,28,29). The molecule has 0 radical (unpaired) electrons. The Bertz CT molecular complexity index is 1260. The van der Waals surface area contributed by atoms with E-state index >= 15 is 0 Å². The Morgan fingerprint density at radius 2 is 1.73 bits per heavy atom. The number of aryl methyl sites for hydroxylation is 1. The highest BCUT2D eigenvalue weighted by Gasteiger charge is 2.29. The van der Waals surface area contributed by atoms with Gasteiger partial charge in [0.2, 0.25) is 0 Å². The minimum absolute atomic E-state index is 0.00103. The summed E-state index contributed by atoms with van der Waals surface area (Å²) >= 11 is 5.97. The maximum Gasteiger partial charge on any atom is 0.422 e. The molecular formula is C20H19ClF3N5O3S.